The van der Waals surface area contributed by atoms with Gasteiger partial charge in [0, 0.05) is 17.8 Å². The zero-order chi connectivity index (χ0) is 13.0. The van der Waals surface area contributed by atoms with Crippen molar-refractivity contribution >= 4 is 17.7 Å². The van der Waals surface area contributed by atoms with E-state index < -0.39 is 5.97 Å². The third-order valence-corrected chi connectivity index (χ3v) is 4.64. The predicted molar refractivity (Wildman–Crippen MR) is 75.2 cm³/mol. The Bertz CT molecular complexity index is 422. The van der Waals surface area contributed by atoms with Gasteiger partial charge in [-0.15, -0.1) is 0 Å². The molecule has 1 aliphatic carbocycles. The van der Waals surface area contributed by atoms with E-state index in [9.17, 15) is 4.79 Å². The first kappa shape index (κ1) is 13.4. The molecule has 0 amide bonds. The summed E-state index contributed by atoms with van der Waals surface area (Å²) in [5, 5.41) is 13.3. The van der Waals surface area contributed by atoms with Crippen molar-refractivity contribution in [2.45, 2.75) is 37.1 Å². The molecule has 1 aromatic rings. The molecule has 0 spiro atoms. The minimum atomic E-state index is -0.846. The Kier molecular flexibility index (Phi) is 4.66. The van der Waals surface area contributed by atoms with Gasteiger partial charge in [-0.3, -0.25) is 0 Å². The van der Waals surface area contributed by atoms with Gasteiger partial charge in [0.1, 0.15) is 0 Å². The molecule has 1 aliphatic rings. The van der Waals surface area contributed by atoms with E-state index in [4.69, 9.17) is 5.11 Å². The zero-order valence-electron chi connectivity index (χ0n) is 10.6. The summed E-state index contributed by atoms with van der Waals surface area (Å²) in [5.41, 5.74) is 1.28. The Morgan fingerprint density at radius 2 is 2.22 bits per heavy atom. The van der Waals surface area contributed by atoms with E-state index in [0.717, 1.165) is 10.8 Å². The van der Waals surface area contributed by atoms with Crippen molar-refractivity contribution in [2.75, 3.05) is 6.26 Å². The van der Waals surface area contributed by atoms with Gasteiger partial charge in [0.2, 0.25) is 0 Å². The van der Waals surface area contributed by atoms with Crippen LogP contribution in [0.2, 0.25) is 0 Å². The summed E-state index contributed by atoms with van der Waals surface area (Å²) in [6.07, 6.45) is 5.81. The molecule has 3 nitrogen and oxygen atoms in total. The molecule has 1 saturated carbocycles. The number of carboxylic acid groups (broad SMARTS) is 1. The number of hydrogen-bond donors (Lipinski definition) is 2. The molecule has 98 valence electrons. The molecule has 4 heteroatoms. The van der Waals surface area contributed by atoms with Crippen LogP contribution in [-0.4, -0.2) is 28.6 Å². The van der Waals surface area contributed by atoms with Crippen LogP contribution in [0.4, 0.5) is 0 Å². The molecule has 1 aromatic carbocycles. The lowest BCUT2D eigenvalue weighted by atomic mass is 10.1. The lowest BCUT2D eigenvalue weighted by Gasteiger charge is -2.14. The largest absolute Gasteiger partial charge is 0.478 e. The molecular weight excluding hydrogens is 246 g/mol. The zero-order valence-corrected chi connectivity index (χ0v) is 11.4. The first-order valence-electron chi connectivity index (χ1n) is 6.28. The van der Waals surface area contributed by atoms with Crippen molar-refractivity contribution in [3.63, 3.8) is 0 Å². The Balaban J connectivity index is 1.92. The number of aromatic carboxylic acids is 1. The lowest BCUT2D eigenvalue weighted by molar-refractivity contribution is 0.0695. The summed E-state index contributed by atoms with van der Waals surface area (Å²) in [6.45, 7) is 0.647. The van der Waals surface area contributed by atoms with Crippen LogP contribution in [0, 0.1) is 0 Å². The van der Waals surface area contributed by atoms with Crippen molar-refractivity contribution in [1.29, 1.82) is 0 Å². The van der Waals surface area contributed by atoms with E-state index in [2.05, 4.69) is 11.6 Å². The molecule has 2 atom stereocenters. The van der Waals surface area contributed by atoms with Gasteiger partial charge in [-0.2, -0.15) is 11.8 Å². The van der Waals surface area contributed by atoms with Crippen LogP contribution < -0.4 is 5.32 Å². The van der Waals surface area contributed by atoms with E-state index in [0.29, 0.717) is 18.2 Å². The summed E-state index contributed by atoms with van der Waals surface area (Å²) in [6, 6.07) is 7.75. The van der Waals surface area contributed by atoms with Gasteiger partial charge in [-0.1, -0.05) is 18.2 Å². The summed E-state index contributed by atoms with van der Waals surface area (Å²) >= 11 is 1.93. The van der Waals surface area contributed by atoms with E-state index in [1.807, 2.05) is 23.9 Å². The number of benzene rings is 1. The second kappa shape index (κ2) is 6.25. The Morgan fingerprint density at radius 3 is 2.89 bits per heavy atom. The number of carbonyl (C=O) groups is 1. The van der Waals surface area contributed by atoms with Crippen molar-refractivity contribution in [3.05, 3.63) is 35.4 Å². The maximum absolute atomic E-state index is 11.1. The summed E-state index contributed by atoms with van der Waals surface area (Å²) in [5.74, 6) is -0.846. The molecule has 2 N–H and O–H groups in total. The summed E-state index contributed by atoms with van der Waals surface area (Å²) in [7, 11) is 0. The smallest absolute Gasteiger partial charge is 0.336 e. The van der Waals surface area contributed by atoms with Crippen LogP contribution in [0.1, 0.15) is 35.2 Å². The molecule has 0 aliphatic heterocycles. The predicted octanol–water partition coefficient (Wildman–Crippen LogP) is 2.76. The normalized spacial score (nSPS) is 23.2. The van der Waals surface area contributed by atoms with Crippen molar-refractivity contribution in [2.24, 2.45) is 0 Å². The van der Waals surface area contributed by atoms with E-state index >= 15 is 0 Å². The van der Waals surface area contributed by atoms with E-state index in [-0.39, 0.29) is 0 Å². The molecule has 1 fully saturated rings. The van der Waals surface area contributed by atoms with Crippen LogP contribution in [0.5, 0.6) is 0 Å². The molecule has 0 radical (unpaired) electrons. The number of carboxylic acids is 1. The number of hydrogen-bond acceptors (Lipinski definition) is 3. The maximum Gasteiger partial charge on any atom is 0.336 e. The topological polar surface area (TPSA) is 49.3 Å². The van der Waals surface area contributed by atoms with E-state index in [1.165, 1.54) is 19.3 Å². The average molecular weight is 265 g/mol. The minimum Gasteiger partial charge on any atom is -0.478 e. The first-order chi connectivity index (χ1) is 8.70. The van der Waals surface area contributed by atoms with Gasteiger partial charge in [0.25, 0.3) is 0 Å². The van der Waals surface area contributed by atoms with Crippen molar-refractivity contribution in [1.82, 2.24) is 5.32 Å². The molecule has 0 aromatic heterocycles. The fraction of sp³-hybridized carbons (Fsp3) is 0.500. The highest BCUT2D eigenvalue weighted by atomic mass is 32.2. The molecule has 2 rings (SSSR count). The molecule has 2 unspecified atom stereocenters. The van der Waals surface area contributed by atoms with Gasteiger partial charge in [-0.05, 0) is 37.1 Å². The Labute approximate surface area is 112 Å². The van der Waals surface area contributed by atoms with Crippen LogP contribution in [0.25, 0.3) is 0 Å². The summed E-state index contributed by atoms with van der Waals surface area (Å²) in [4.78, 5) is 11.1. The molecule has 0 bridgehead atoms. The second-order valence-electron chi connectivity index (χ2n) is 4.71. The highest BCUT2D eigenvalue weighted by Crippen LogP contribution is 2.28. The van der Waals surface area contributed by atoms with Crippen molar-refractivity contribution < 1.29 is 9.90 Å². The standard InChI is InChI=1S/C14H19NO2S/c1-18-12-7-6-11(8-12)15-9-10-4-2-3-5-13(10)14(16)17/h2-5,11-12,15H,6-9H2,1H3,(H,16,17). The van der Waals surface area contributed by atoms with Crippen LogP contribution >= 0.6 is 11.8 Å². The Morgan fingerprint density at radius 1 is 1.44 bits per heavy atom. The molecule has 0 heterocycles. The SMILES string of the molecule is CSC1CCC(NCc2ccccc2C(=O)O)C1. The third-order valence-electron chi connectivity index (χ3n) is 3.55. The third kappa shape index (κ3) is 3.27. The molecule has 18 heavy (non-hydrogen) atoms. The summed E-state index contributed by atoms with van der Waals surface area (Å²) < 4.78 is 0. The highest BCUT2D eigenvalue weighted by Gasteiger charge is 2.23. The number of nitrogens with one attached hydrogen (secondary N) is 1. The van der Waals surface area contributed by atoms with Crippen LogP contribution in [-0.2, 0) is 6.54 Å². The number of thioether (sulfide) groups is 1. The molecular formula is C14H19NO2S. The fourth-order valence-corrected chi connectivity index (χ4v) is 3.27. The van der Waals surface area contributed by atoms with Gasteiger partial charge < -0.3 is 10.4 Å². The quantitative estimate of drug-likeness (QED) is 0.859. The molecule has 0 saturated heterocycles. The first-order valence-corrected chi connectivity index (χ1v) is 7.57. The second-order valence-corrected chi connectivity index (χ2v) is 5.85. The van der Waals surface area contributed by atoms with Crippen LogP contribution in [0.3, 0.4) is 0 Å². The van der Waals surface area contributed by atoms with E-state index in [1.54, 1.807) is 12.1 Å². The Hall–Kier alpha value is -1.00. The monoisotopic (exact) mass is 265 g/mol. The number of rotatable bonds is 5. The fourth-order valence-electron chi connectivity index (χ4n) is 2.48. The van der Waals surface area contributed by atoms with Gasteiger partial charge in [0.15, 0.2) is 0 Å². The highest BCUT2D eigenvalue weighted by molar-refractivity contribution is 7.99. The van der Waals surface area contributed by atoms with Gasteiger partial charge in [0.05, 0.1) is 5.56 Å². The van der Waals surface area contributed by atoms with Gasteiger partial charge >= 0.3 is 5.97 Å². The van der Waals surface area contributed by atoms with Gasteiger partial charge in [-0.25, -0.2) is 4.79 Å². The van der Waals surface area contributed by atoms with Crippen molar-refractivity contribution in [3.8, 4) is 0 Å². The lowest BCUT2D eigenvalue weighted by Crippen LogP contribution is -2.27. The minimum absolute atomic E-state index is 0.407. The maximum atomic E-state index is 11.1. The van der Waals surface area contributed by atoms with Crippen LogP contribution in [0.15, 0.2) is 24.3 Å². The average Bonchev–Trinajstić information content (AvgIpc) is 2.84.